The first kappa shape index (κ1) is 27.8. The standard InChI is InChI=1S/C19H36N4O7/c1-9(2)6-12(20)16(26)23-15(11(5)25)18(28)22-14(8-24)17(27)21-13(19(29)30)7-10(3)4/h9-15,24-25H,6-8,20H2,1-5H3,(H,21,27)(H,22,28)(H,23,26)(H,29,30). The van der Waals surface area contributed by atoms with Crippen LogP contribution in [0.5, 0.6) is 0 Å². The van der Waals surface area contributed by atoms with Crippen LogP contribution < -0.4 is 21.7 Å². The van der Waals surface area contributed by atoms with Gasteiger partial charge in [-0.05, 0) is 31.6 Å². The summed E-state index contributed by atoms with van der Waals surface area (Å²) >= 11 is 0. The zero-order chi connectivity index (χ0) is 23.6. The van der Waals surface area contributed by atoms with E-state index in [2.05, 4.69) is 16.0 Å². The summed E-state index contributed by atoms with van der Waals surface area (Å²) in [4.78, 5) is 48.3. The summed E-state index contributed by atoms with van der Waals surface area (Å²) in [6.07, 6.45) is -0.781. The molecule has 0 saturated heterocycles. The molecule has 174 valence electrons. The monoisotopic (exact) mass is 432 g/mol. The molecular weight excluding hydrogens is 396 g/mol. The Hall–Kier alpha value is -2.24. The average molecular weight is 433 g/mol. The number of nitrogens with two attached hydrogens (primary N) is 1. The van der Waals surface area contributed by atoms with E-state index < -0.39 is 60.6 Å². The predicted octanol–water partition coefficient (Wildman–Crippen LogP) is -1.68. The van der Waals surface area contributed by atoms with Gasteiger partial charge in [0.15, 0.2) is 0 Å². The van der Waals surface area contributed by atoms with Gasteiger partial charge in [0.05, 0.1) is 18.8 Å². The van der Waals surface area contributed by atoms with Crippen molar-refractivity contribution in [3.63, 3.8) is 0 Å². The molecule has 0 radical (unpaired) electrons. The van der Waals surface area contributed by atoms with Crippen LogP contribution in [0.3, 0.4) is 0 Å². The zero-order valence-electron chi connectivity index (χ0n) is 18.2. The molecule has 5 unspecified atom stereocenters. The minimum atomic E-state index is -1.46. The largest absolute Gasteiger partial charge is 0.480 e. The van der Waals surface area contributed by atoms with Gasteiger partial charge in [-0.15, -0.1) is 0 Å². The van der Waals surface area contributed by atoms with Crippen LogP contribution >= 0.6 is 0 Å². The van der Waals surface area contributed by atoms with Gasteiger partial charge in [-0.3, -0.25) is 14.4 Å². The average Bonchev–Trinajstić information content (AvgIpc) is 2.61. The fraction of sp³-hybridized carbons (Fsp3) is 0.789. The number of amides is 3. The lowest BCUT2D eigenvalue weighted by Gasteiger charge is -2.26. The number of aliphatic carboxylic acids is 1. The number of hydrogen-bond acceptors (Lipinski definition) is 7. The summed E-state index contributed by atoms with van der Waals surface area (Å²) in [6.45, 7) is 7.79. The van der Waals surface area contributed by atoms with Crippen molar-refractivity contribution in [3.8, 4) is 0 Å². The Labute approximate surface area is 176 Å². The lowest BCUT2D eigenvalue weighted by molar-refractivity contribution is -0.143. The van der Waals surface area contributed by atoms with Crippen molar-refractivity contribution in [1.82, 2.24) is 16.0 Å². The molecule has 0 aliphatic heterocycles. The summed E-state index contributed by atoms with van der Waals surface area (Å²) in [6, 6.07) is -4.95. The van der Waals surface area contributed by atoms with Gasteiger partial charge in [0.1, 0.15) is 18.1 Å². The number of aliphatic hydroxyl groups is 2. The Balaban J connectivity index is 5.15. The molecule has 0 spiro atoms. The fourth-order valence-electron chi connectivity index (χ4n) is 2.70. The van der Waals surface area contributed by atoms with E-state index in [-0.39, 0.29) is 18.3 Å². The van der Waals surface area contributed by atoms with Crippen LogP contribution in [0.4, 0.5) is 0 Å². The lowest BCUT2D eigenvalue weighted by atomic mass is 10.0. The SMILES string of the molecule is CC(C)CC(N)C(=O)NC(C(=O)NC(CO)C(=O)NC(CC(C)C)C(=O)O)C(C)O. The molecule has 0 aromatic rings. The maximum atomic E-state index is 12.5. The molecule has 0 aromatic heterocycles. The van der Waals surface area contributed by atoms with Gasteiger partial charge in [0, 0.05) is 0 Å². The van der Waals surface area contributed by atoms with E-state index in [0.717, 1.165) is 0 Å². The van der Waals surface area contributed by atoms with E-state index in [1.807, 2.05) is 13.8 Å². The fourth-order valence-corrected chi connectivity index (χ4v) is 2.70. The van der Waals surface area contributed by atoms with Gasteiger partial charge in [-0.2, -0.15) is 0 Å². The molecule has 0 heterocycles. The van der Waals surface area contributed by atoms with Crippen LogP contribution in [0.1, 0.15) is 47.5 Å². The first-order valence-electron chi connectivity index (χ1n) is 9.98. The highest BCUT2D eigenvalue weighted by molar-refractivity contribution is 5.94. The maximum Gasteiger partial charge on any atom is 0.326 e. The molecule has 0 aliphatic rings. The van der Waals surface area contributed by atoms with Gasteiger partial charge >= 0.3 is 5.97 Å². The van der Waals surface area contributed by atoms with Crippen molar-refractivity contribution in [3.05, 3.63) is 0 Å². The topological polar surface area (TPSA) is 191 Å². The highest BCUT2D eigenvalue weighted by Gasteiger charge is 2.32. The third-order valence-electron chi connectivity index (χ3n) is 4.26. The molecule has 0 fully saturated rings. The van der Waals surface area contributed by atoms with E-state index in [0.29, 0.717) is 6.42 Å². The lowest BCUT2D eigenvalue weighted by Crippen LogP contribution is -2.60. The molecule has 0 saturated carbocycles. The van der Waals surface area contributed by atoms with Crippen molar-refractivity contribution in [2.24, 2.45) is 17.6 Å². The number of carboxylic acid groups (broad SMARTS) is 1. The molecule has 0 bridgehead atoms. The van der Waals surface area contributed by atoms with Gasteiger partial charge in [-0.1, -0.05) is 27.7 Å². The van der Waals surface area contributed by atoms with Crippen LogP contribution in [0.25, 0.3) is 0 Å². The third-order valence-corrected chi connectivity index (χ3v) is 4.26. The van der Waals surface area contributed by atoms with E-state index in [1.54, 1.807) is 13.8 Å². The number of carboxylic acids is 1. The van der Waals surface area contributed by atoms with Crippen molar-refractivity contribution in [2.45, 2.75) is 77.7 Å². The molecule has 11 heteroatoms. The van der Waals surface area contributed by atoms with Crippen molar-refractivity contribution in [2.75, 3.05) is 6.61 Å². The molecule has 5 atom stereocenters. The molecule has 8 N–H and O–H groups in total. The van der Waals surface area contributed by atoms with Crippen molar-refractivity contribution < 1.29 is 34.5 Å². The molecule has 0 aromatic carbocycles. The smallest absolute Gasteiger partial charge is 0.326 e. The van der Waals surface area contributed by atoms with Crippen molar-refractivity contribution in [1.29, 1.82) is 0 Å². The molecule has 0 rings (SSSR count). The van der Waals surface area contributed by atoms with Crippen LogP contribution in [0, 0.1) is 11.8 Å². The molecule has 30 heavy (non-hydrogen) atoms. The quantitative estimate of drug-likeness (QED) is 0.179. The Morgan fingerprint density at radius 1 is 0.800 bits per heavy atom. The molecule has 0 aliphatic carbocycles. The molecular formula is C19H36N4O7. The molecule has 11 nitrogen and oxygen atoms in total. The second kappa shape index (κ2) is 13.1. The normalized spacial score (nSPS) is 16.3. The summed E-state index contributed by atoms with van der Waals surface area (Å²) in [5, 5.41) is 35.4. The van der Waals surface area contributed by atoms with Crippen LogP contribution in [0.15, 0.2) is 0 Å². The molecule has 3 amide bonds. The van der Waals surface area contributed by atoms with Gasteiger partial charge in [0.2, 0.25) is 17.7 Å². The summed E-state index contributed by atoms with van der Waals surface area (Å²) in [5.41, 5.74) is 5.78. The Morgan fingerprint density at radius 2 is 1.30 bits per heavy atom. The minimum Gasteiger partial charge on any atom is -0.480 e. The van der Waals surface area contributed by atoms with Gasteiger partial charge < -0.3 is 37.0 Å². The van der Waals surface area contributed by atoms with Crippen LogP contribution in [0.2, 0.25) is 0 Å². The zero-order valence-corrected chi connectivity index (χ0v) is 18.2. The number of hydrogen-bond donors (Lipinski definition) is 7. The van der Waals surface area contributed by atoms with E-state index in [1.165, 1.54) is 6.92 Å². The maximum absolute atomic E-state index is 12.5. The van der Waals surface area contributed by atoms with Crippen LogP contribution in [-0.4, -0.2) is 75.9 Å². The van der Waals surface area contributed by atoms with Gasteiger partial charge in [-0.25, -0.2) is 4.79 Å². The van der Waals surface area contributed by atoms with Crippen molar-refractivity contribution >= 4 is 23.7 Å². The predicted molar refractivity (Wildman–Crippen MR) is 109 cm³/mol. The number of carbonyl (C=O) groups is 4. The Morgan fingerprint density at radius 3 is 1.70 bits per heavy atom. The number of rotatable bonds is 13. The van der Waals surface area contributed by atoms with Gasteiger partial charge in [0.25, 0.3) is 0 Å². The second-order valence-corrected chi connectivity index (χ2v) is 8.24. The number of aliphatic hydroxyl groups excluding tert-OH is 2. The highest BCUT2D eigenvalue weighted by Crippen LogP contribution is 2.06. The first-order valence-corrected chi connectivity index (χ1v) is 9.98. The van der Waals surface area contributed by atoms with Crippen LogP contribution in [-0.2, 0) is 19.2 Å². The Kier molecular flexibility index (Phi) is 12.2. The van der Waals surface area contributed by atoms with E-state index in [9.17, 15) is 34.5 Å². The number of carbonyl (C=O) groups excluding carboxylic acids is 3. The summed E-state index contributed by atoms with van der Waals surface area (Å²) in [5.74, 6) is -3.57. The summed E-state index contributed by atoms with van der Waals surface area (Å²) < 4.78 is 0. The first-order chi connectivity index (χ1) is 13.8. The second-order valence-electron chi connectivity index (χ2n) is 8.24. The van der Waals surface area contributed by atoms with E-state index >= 15 is 0 Å². The minimum absolute atomic E-state index is 0.0153. The summed E-state index contributed by atoms with van der Waals surface area (Å²) in [7, 11) is 0. The van der Waals surface area contributed by atoms with E-state index in [4.69, 9.17) is 5.73 Å². The number of nitrogens with one attached hydrogen (secondary N) is 3. The highest BCUT2D eigenvalue weighted by atomic mass is 16.4. The Bertz CT molecular complexity index is 595. The third kappa shape index (κ3) is 9.99.